The molecule has 19 heavy (non-hydrogen) atoms. The average molecular weight is 271 g/mol. The van der Waals surface area contributed by atoms with E-state index in [1.54, 1.807) is 18.2 Å². The lowest BCUT2D eigenvalue weighted by atomic mass is 10.3. The van der Waals surface area contributed by atoms with Crippen LogP contribution in [0.5, 0.6) is 0 Å². The maximum absolute atomic E-state index is 10.6. The molecule has 0 aliphatic heterocycles. The highest BCUT2D eigenvalue weighted by molar-refractivity contribution is 7.22. The van der Waals surface area contributed by atoms with Gasteiger partial charge in [0, 0.05) is 18.3 Å². The fourth-order valence-corrected chi connectivity index (χ4v) is 2.18. The first kappa shape index (κ1) is 12.5. The number of nitrogens with zero attached hydrogens (tertiary/aromatic N) is 4. The number of nitro benzene ring substituents is 1. The summed E-state index contributed by atoms with van der Waals surface area (Å²) in [7, 11) is 0. The van der Waals surface area contributed by atoms with E-state index < -0.39 is 4.92 Å². The number of benzene rings is 1. The van der Waals surface area contributed by atoms with Gasteiger partial charge in [0.1, 0.15) is 17.7 Å². The zero-order chi connectivity index (χ0) is 13.8. The predicted octanol–water partition coefficient (Wildman–Crippen LogP) is 2.55. The third-order valence-corrected chi connectivity index (χ3v) is 3.11. The van der Waals surface area contributed by atoms with Crippen LogP contribution in [0, 0.1) is 32.8 Å². The van der Waals surface area contributed by atoms with E-state index in [0.717, 1.165) is 0 Å². The normalized spacial score (nSPS) is 9.37. The van der Waals surface area contributed by atoms with Crippen molar-refractivity contribution in [2.45, 2.75) is 0 Å². The Morgan fingerprint density at radius 3 is 2.84 bits per heavy atom. The lowest BCUT2D eigenvalue weighted by Gasteiger charge is -1.90. The highest BCUT2D eigenvalue weighted by Crippen LogP contribution is 2.29. The van der Waals surface area contributed by atoms with Gasteiger partial charge < -0.3 is 5.32 Å². The lowest BCUT2D eigenvalue weighted by Crippen LogP contribution is -1.88. The van der Waals surface area contributed by atoms with Crippen molar-refractivity contribution in [2.75, 3.05) is 5.32 Å². The molecule has 2 rings (SSSR count). The standard InChI is InChI=1S/C11H5N5O2S/c12-4-7(5-13)6-14-11-15-9-2-1-8(16(17)18)3-10(9)19-11/h1-3,6H,(H,14,15). The van der Waals surface area contributed by atoms with Crippen molar-refractivity contribution in [3.05, 3.63) is 40.1 Å². The van der Waals surface area contributed by atoms with Crippen LogP contribution in [0.3, 0.4) is 0 Å². The van der Waals surface area contributed by atoms with E-state index in [1.807, 2.05) is 0 Å². The summed E-state index contributed by atoms with van der Waals surface area (Å²) in [6.45, 7) is 0. The van der Waals surface area contributed by atoms with E-state index in [9.17, 15) is 10.1 Å². The van der Waals surface area contributed by atoms with Gasteiger partial charge in [0.25, 0.3) is 5.69 Å². The number of thiazole rings is 1. The Morgan fingerprint density at radius 1 is 1.47 bits per heavy atom. The molecule has 1 aromatic carbocycles. The maximum Gasteiger partial charge on any atom is 0.270 e. The SMILES string of the molecule is N#CC(C#N)=CNc1nc2ccc([N+](=O)[O-])cc2s1. The van der Waals surface area contributed by atoms with E-state index in [-0.39, 0.29) is 11.3 Å². The summed E-state index contributed by atoms with van der Waals surface area (Å²) in [5.41, 5.74) is 0.528. The number of allylic oxidation sites excluding steroid dienone is 1. The number of hydrogen-bond donors (Lipinski definition) is 1. The van der Waals surface area contributed by atoms with E-state index in [0.29, 0.717) is 15.3 Å². The first-order chi connectivity index (χ1) is 9.13. The Balaban J connectivity index is 2.33. The van der Waals surface area contributed by atoms with E-state index in [4.69, 9.17) is 10.5 Å². The zero-order valence-electron chi connectivity index (χ0n) is 9.32. The molecule has 92 valence electrons. The van der Waals surface area contributed by atoms with Gasteiger partial charge in [-0.15, -0.1) is 0 Å². The Hall–Kier alpha value is -2.97. The number of nitrogens with one attached hydrogen (secondary N) is 1. The molecule has 7 nitrogen and oxygen atoms in total. The van der Waals surface area contributed by atoms with Gasteiger partial charge in [-0.05, 0) is 6.07 Å². The minimum atomic E-state index is -0.477. The Morgan fingerprint density at radius 2 is 2.21 bits per heavy atom. The number of aromatic nitrogens is 1. The highest BCUT2D eigenvalue weighted by Gasteiger charge is 2.09. The van der Waals surface area contributed by atoms with Crippen LogP contribution in [0.2, 0.25) is 0 Å². The number of anilines is 1. The molecule has 1 aromatic heterocycles. The van der Waals surface area contributed by atoms with Crippen LogP contribution in [-0.4, -0.2) is 9.91 Å². The number of nitriles is 2. The van der Waals surface area contributed by atoms with Crippen molar-refractivity contribution < 1.29 is 4.92 Å². The number of non-ortho nitro benzene ring substituents is 1. The molecule has 0 bridgehead atoms. The van der Waals surface area contributed by atoms with Crippen molar-refractivity contribution in [1.29, 1.82) is 10.5 Å². The molecule has 0 atom stereocenters. The van der Waals surface area contributed by atoms with Gasteiger partial charge in [-0.25, -0.2) is 4.98 Å². The molecular weight excluding hydrogens is 266 g/mol. The number of nitro groups is 1. The molecule has 1 heterocycles. The van der Waals surface area contributed by atoms with Gasteiger partial charge in [-0.2, -0.15) is 10.5 Å². The number of hydrogen-bond acceptors (Lipinski definition) is 7. The van der Waals surface area contributed by atoms with Crippen LogP contribution >= 0.6 is 11.3 Å². The monoisotopic (exact) mass is 271 g/mol. The molecule has 8 heteroatoms. The molecule has 0 amide bonds. The summed E-state index contributed by atoms with van der Waals surface area (Å²) in [5.74, 6) is 0. The molecule has 0 aliphatic rings. The summed E-state index contributed by atoms with van der Waals surface area (Å²) in [4.78, 5) is 14.3. The van der Waals surface area contributed by atoms with Crippen molar-refractivity contribution in [3.63, 3.8) is 0 Å². The summed E-state index contributed by atoms with van der Waals surface area (Å²) < 4.78 is 0.653. The zero-order valence-corrected chi connectivity index (χ0v) is 10.1. The minimum Gasteiger partial charge on any atom is -0.336 e. The van der Waals surface area contributed by atoms with Crippen LogP contribution in [0.25, 0.3) is 10.2 Å². The fourth-order valence-electron chi connectivity index (χ4n) is 1.31. The fraction of sp³-hybridized carbons (Fsp3) is 0. The summed E-state index contributed by atoms with van der Waals surface area (Å²) in [6.07, 6.45) is 1.24. The van der Waals surface area contributed by atoms with Gasteiger partial charge in [0.2, 0.25) is 0 Å². The third kappa shape index (κ3) is 2.65. The van der Waals surface area contributed by atoms with Crippen molar-refractivity contribution >= 4 is 32.4 Å². The molecule has 0 saturated carbocycles. The first-order valence-corrected chi connectivity index (χ1v) is 5.77. The van der Waals surface area contributed by atoms with Crippen molar-refractivity contribution in [2.24, 2.45) is 0 Å². The Kier molecular flexibility index (Phi) is 3.37. The third-order valence-electron chi connectivity index (χ3n) is 2.16. The maximum atomic E-state index is 10.6. The quantitative estimate of drug-likeness (QED) is 0.521. The van der Waals surface area contributed by atoms with Gasteiger partial charge >= 0.3 is 0 Å². The van der Waals surface area contributed by atoms with Crippen molar-refractivity contribution in [1.82, 2.24) is 4.98 Å². The first-order valence-electron chi connectivity index (χ1n) is 4.96. The van der Waals surface area contributed by atoms with E-state index >= 15 is 0 Å². The highest BCUT2D eigenvalue weighted by atomic mass is 32.1. The Labute approximate surface area is 111 Å². The Bertz CT molecular complexity index is 749. The topological polar surface area (TPSA) is 116 Å². The molecular formula is C11H5N5O2S. The molecule has 1 N–H and O–H groups in total. The predicted molar refractivity (Wildman–Crippen MR) is 69.2 cm³/mol. The second-order valence-electron chi connectivity index (χ2n) is 3.35. The van der Waals surface area contributed by atoms with Gasteiger partial charge in [-0.1, -0.05) is 11.3 Å². The number of fused-ring (bicyclic) bond motifs is 1. The van der Waals surface area contributed by atoms with Crippen LogP contribution < -0.4 is 5.32 Å². The molecule has 0 unspecified atom stereocenters. The summed E-state index contributed by atoms with van der Waals surface area (Å²) in [6, 6.07) is 7.76. The molecule has 2 aromatic rings. The molecule has 0 radical (unpaired) electrons. The molecule has 0 saturated heterocycles. The molecule has 0 aliphatic carbocycles. The van der Waals surface area contributed by atoms with E-state index in [2.05, 4.69) is 10.3 Å². The summed E-state index contributed by atoms with van der Waals surface area (Å²) >= 11 is 1.20. The summed E-state index contributed by atoms with van der Waals surface area (Å²) in [5, 5.41) is 30.9. The van der Waals surface area contributed by atoms with Gasteiger partial charge in [0.05, 0.1) is 15.1 Å². The van der Waals surface area contributed by atoms with Crippen molar-refractivity contribution in [3.8, 4) is 12.1 Å². The van der Waals surface area contributed by atoms with Crippen LogP contribution in [-0.2, 0) is 0 Å². The van der Waals surface area contributed by atoms with Crippen LogP contribution in [0.15, 0.2) is 30.0 Å². The molecule has 0 spiro atoms. The number of rotatable bonds is 3. The smallest absolute Gasteiger partial charge is 0.270 e. The van der Waals surface area contributed by atoms with Gasteiger partial charge in [-0.3, -0.25) is 10.1 Å². The van der Waals surface area contributed by atoms with E-state index in [1.165, 1.54) is 29.7 Å². The largest absolute Gasteiger partial charge is 0.336 e. The van der Waals surface area contributed by atoms with Gasteiger partial charge in [0.15, 0.2) is 5.13 Å². The lowest BCUT2D eigenvalue weighted by molar-refractivity contribution is -0.384. The second-order valence-corrected chi connectivity index (χ2v) is 4.38. The second kappa shape index (κ2) is 5.12. The van der Waals surface area contributed by atoms with Crippen LogP contribution in [0.4, 0.5) is 10.8 Å². The van der Waals surface area contributed by atoms with Crippen LogP contribution in [0.1, 0.15) is 0 Å². The minimum absolute atomic E-state index is 0.00650. The molecule has 0 fully saturated rings. The average Bonchev–Trinajstić information content (AvgIpc) is 2.81.